The van der Waals surface area contributed by atoms with Crippen LogP contribution in [0.5, 0.6) is 0 Å². The fraction of sp³-hybridized carbons (Fsp3) is 0.0769. The van der Waals surface area contributed by atoms with Gasteiger partial charge in [-0.05, 0) is 46.5 Å². The number of pyridine rings is 1. The van der Waals surface area contributed by atoms with E-state index in [4.69, 9.17) is 0 Å². The highest BCUT2D eigenvalue weighted by Gasteiger charge is 2.28. The molecule has 2 nitrogen and oxygen atoms in total. The smallest absolute Gasteiger partial charge is 0.219 e. The second-order valence-corrected chi connectivity index (χ2v) is 8.11. The first-order valence-corrected chi connectivity index (χ1v) is 10.7. The van der Waals surface area contributed by atoms with Gasteiger partial charge in [0.25, 0.3) is 0 Å². The average Bonchev–Trinajstić information content (AvgIpc) is 3.12. The van der Waals surface area contributed by atoms with Crippen LogP contribution in [0.4, 0.5) is 0 Å². The molecular weight excluding hydrogens is 374 g/mol. The minimum atomic E-state index is 0.111. The van der Waals surface area contributed by atoms with Gasteiger partial charge in [0.2, 0.25) is 5.12 Å². The van der Waals surface area contributed by atoms with E-state index < -0.39 is 0 Å². The van der Waals surface area contributed by atoms with Crippen molar-refractivity contribution in [2.75, 3.05) is 5.75 Å². The highest BCUT2D eigenvalue weighted by molar-refractivity contribution is 8.14. The highest BCUT2D eigenvalue weighted by Crippen LogP contribution is 2.45. The molecule has 0 amide bonds. The van der Waals surface area contributed by atoms with E-state index in [9.17, 15) is 4.79 Å². The molecule has 29 heavy (non-hydrogen) atoms. The van der Waals surface area contributed by atoms with Gasteiger partial charge in [0.1, 0.15) is 0 Å². The first-order chi connectivity index (χ1) is 14.3. The van der Waals surface area contributed by atoms with Crippen molar-refractivity contribution in [2.24, 2.45) is 0 Å². The number of rotatable bonds is 4. The molecule has 1 aromatic heterocycles. The van der Waals surface area contributed by atoms with E-state index in [2.05, 4.69) is 53.5 Å². The number of carbonyl (C=O) groups is 1. The van der Waals surface area contributed by atoms with Crippen molar-refractivity contribution in [3.05, 3.63) is 114 Å². The van der Waals surface area contributed by atoms with Gasteiger partial charge in [0.15, 0.2) is 0 Å². The first kappa shape index (κ1) is 17.9. The molecule has 0 atom stereocenters. The number of aromatic nitrogens is 1. The predicted molar refractivity (Wildman–Crippen MR) is 120 cm³/mol. The molecule has 0 spiro atoms. The van der Waals surface area contributed by atoms with E-state index in [-0.39, 0.29) is 11.0 Å². The zero-order chi connectivity index (χ0) is 19.6. The Labute approximate surface area is 174 Å². The van der Waals surface area contributed by atoms with Crippen LogP contribution < -0.4 is 0 Å². The molecule has 1 aliphatic carbocycles. The van der Waals surface area contributed by atoms with Crippen LogP contribution in [0.15, 0.2) is 97.2 Å². The number of fused-ring (bicyclic) bond motifs is 3. The standard InChI is InChI=1S/C26H19NOS/c28-26(19-14-12-18(13-15-19)25-11-5-6-16-27-25)29-17-24-22-9-3-1-7-20(22)21-8-2-4-10-23(21)24/h1-16,24H,17H2. The summed E-state index contributed by atoms with van der Waals surface area (Å²) in [6.07, 6.45) is 1.78. The van der Waals surface area contributed by atoms with Crippen LogP contribution in [0.25, 0.3) is 22.4 Å². The summed E-state index contributed by atoms with van der Waals surface area (Å²) in [6.45, 7) is 0. The number of carbonyl (C=O) groups excluding carboxylic acids is 1. The van der Waals surface area contributed by atoms with Gasteiger partial charge in [-0.2, -0.15) is 0 Å². The van der Waals surface area contributed by atoms with Gasteiger partial charge >= 0.3 is 0 Å². The van der Waals surface area contributed by atoms with Gasteiger partial charge in [-0.15, -0.1) is 0 Å². The van der Waals surface area contributed by atoms with E-state index in [0.29, 0.717) is 0 Å². The Morgan fingerprint density at radius 3 is 2.00 bits per heavy atom. The third-order valence-electron chi connectivity index (χ3n) is 5.42. The summed E-state index contributed by atoms with van der Waals surface area (Å²) in [5, 5.41) is 0.111. The maximum atomic E-state index is 12.8. The summed E-state index contributed by atoms with van der Waals surface area (Å²) in [5.74, 6) is 0.999. The van der Waals surface area contributed by atoms with Crippen LogP contribution in [0.3, 0.4) is 0 Å². The third-order valence-corrected chi connectivity index (χ3v) is 6.42. The second kappa shape index (κ2) is 7.69. The van der Waals surface area contributed by atoms with Gasteiger partial charge in [-0.1, -0.05) is 78.5 Å². The minimum absolute atomic E-state index is 0.111. The molecular formula is C26H19NOS. The molecule has 0 saturated heterocycles. The van der Waals surface area contributed by atoms with Crippen molar-refractivity contribution in [3.8, 4) is 22.4 Å². The number of hydrogen-bond donors (Lipinski definition) is 0. The Kier molecular flexibility index (Phi) is 4.74. The van der Waals surface area contributed by atoms with Crippen molar-refractivity contribution < 1.29 is 4.79 Å². The van der Waals surface area contributed by atoms with Crippen LogP contribution >= 0.6 is 11.8 Å². The van der Waals surface area contributed by atoms with Crippen LogP contribution in [0, 0.1) is 0 Å². The lowest BCUT2D eigenvalue weighted by atomic mass is 9.99. The molecule has 1 aliphatic rings. The second-order valence-electron chi connectivity index (χ2n) is 7.12. The van der Waals surface area contributed by atoms with E-state index in [1.165, 1.54) is 34.0 Å². The van der Waals surface area contributed by atoms with E-state index in [1.54, 1.807) is 6.20 Å². The van der Waals surface area contributed by atoms with Gasteiger partial charge in [0, 0.05) is 29.0 Å². The van der Waals surface area contributed by atoms with Gasteiger partial charge in [0.05, 0.1) is 5.69 Å². The quantitative estimate of drug-likeness (QED) is 0.400. The summed E-state index contributed by atoms with van der Waals surface area (Å²) >= 11 is 1.40. The lowest BCUT2D eigenvalue weighted by molar-refractivity contribution is 0.108. The van der Waals surface area contributed by atoms with Crippen molar-refractivity contribution in [3.63, 3.8) is 0 Å². The van der Waals surface area contributed by atoms with E-state index >= 15 is 0 Å². The van der Waals surface area contributed by atoms with Crippen molar-refractivity contribution in [1.82, 2.24) is 4.98 Å². The van der Waals surface area contributed by atoms with Crippen molar-refractivity contribution in [2.45, 2.75) is 5.92 Å². The molecule has 0 unspecified atom stereocenters. The SMILES string of the molecule is O=C(SCC1c2ccccc2-c2ccccc21)c1ccc(-c2ccccn2)cc1. The zero-order valence-electron chi connectivity index (χ0n) is 15.8. The van der Waals surface area contributed by atoms with Gasteiger partial charge in [-0.3, -0.25) is 9.78 Å². The summed E-state index contributed by atoms with van der Waals surface area (Å²) in [4.78, 5) is 17.2. The summed E-state index contributed by atoms with van der Waals surface area (Å²) in [6, 6.07) is 30.6. The topological polar surface area (TPSA) is 30.0 Å². The maximum Gasteiger partial charge on any atom is 0.219 e. The summed E-state index contributed by atoms with van der Waals surface area (Å²) in [7, 11) is 0. The van der Waals surface area contributed by atoms with E-state index in [0.717, 1.165) is 22.6 Å². The van der Waals surface area contributed by atoms with Crippen LogP contribution in [0.2, 0.25) is 0 Å². The van der Waals surface area contributed by atoms with Gasteiger partial charge < -0.3 is 0 Å². The summed E-state index contributed by atoms with van der Waals surface area (Å²) < 4.78 is 0. The molecule has 1 heterocycles. The fourth-order valence-electron chi connectivity index (χ4n) is 3.99. The molecule has 4 aromatic rings. The average molecular weight is 394 g/mol. The lowest BCUT2D eigenvalue weighted by Gasteiger charge is -2.12. The molecule has 3 aromatic carbocycles. The number of thioether (sulfide) groups is 1. The maximum absolute atomic E-state index is 12.8. The molecule has 140 valence electrons. The number of nitrogens with zero attached hydrogens (tertiary/aromatic N) is 1. The summed E-state index contributed by atoms with van der Waals surface area (Å²) in [5.41, 5.74) is 7.89. The lowest BCUT2D eigenvalue weighted by Crippen LogP contribution is -2.03. The molecule has 0 aliphatic heterocycles. The van der Waals surface area contributed by atoms with Crippen LogP contribution in [-0.4, -0.2) is 15.9 Å². The third kappa shape index (κ3) is 3.39. The molecule has 0 bridgehead atoms. The Balaban J connectivity index is 1.34. The number of benzene rings is 3. The molecule has 0 saturated carbocycles. The monoisotopic (exact) mass is 393 g/mol. The Bertz CT molecular complexity index is 1120. The molecule has 0 radical (unpaired) electrons. The molecule has 3 heteroatoms. The molecule has 0 fully saturated rings. The molecule has 5 rings (SSSR count). The Morgan fingerprint density at radius 1 is 0.759 bits per heavy atom. The molecule has 0 N–H and O–H groups in total. The highest BCUT2D eigenvalue weighted by atomic mass is 32.2. The number of hydrogen-bond acceptors (Lipinski definition) is 3. The normalized spacial score (nSPS) is 12.4. The predicted octanol–water partition coefficient (Wildman–Crippen LogP) is 6.43. The van der Waals surface area contributed by atoms with Crippen LogP contribution in [0.1, 0.15) is 27.4 Å². The zero-order valence-corrected chi connectivity index (χ0v) is 16.6. The Hall–Kier alpha value is -3.17. The first-order valence-electron chi connectivity index (χ1n) is 9.68. The van der Waals surface area contributed by atoms with Crippen LogP contribution in [-0.2, 0) is 0 Å². The van der Waals surface area contributed by atoms with Crippen molar-refractivity contribution >= 4 is 16.9 Å². The minimum Gasteiger partial charge on any atom is -0.282 e. The van der Waals surface area contributed by atoms with Crippen molar-refractivity contribution in [1.29, 1.82) is 0 Å². The largest absolute Gasteiger partial charge is 0.282 e. The fourth-order valence-corrected chi connectivity index (χ4v) is 4.97. The van der Waals surface area contributed by atoms with E-state index in [1.807, 2.05) is 42.5 Å². The van der Waals surface area contributed by atoms with Gasteiger partial charge in [-0.25, -0.2) is 0 Å². The Morgan fingerprint density at radius 2 is 1.38 bits per heavy atom.